The molecule has 132 valence electrons. The molecule has 2 aromatic carbocycles. The number of hydrogen-bond donors (Lipinski definition) is 2. The van der Waals surface area contributed by atoms with Crippen LogP contribution < -0.4 is 10.6 Å². The monoisotopic (exact) mass is 358 g/mol. The molecular formula is C20H23ClN2O2. The molecule has 0 aromatic heterocycles. The van der Waals surface area contributed by atoms with E-state index in [1.165, 1.54) is 0 Å². The average molecular weight is 359 g/mol. The summed E-state index contributed by atoms with van der Waals surface area (Å²) in [5.74, 6) is -0.578. The minimum absolute atomic E-state index is 0.182. The smallest absolute Gasteiger partial charge is 0.233 e. The number of para-hydroxylation sites is 1. The van der Waals surface area contributed by atoms with E-state index in [1.54, 1.807) is 0 Å². The molecule has 2 amide bonds. The van der Waals surface area contributed by atoms with E-state index in [0.29, 0.717) is 18.0 Å². The van der Waals surface area contributed by atoms with Gasteiger partial charge in [0.15, 0.2) is 0 Å². The molecule has 0 aliphatic rings. The quantitative estimate of drug-likeness (QED) is 0.737. The van der Waals surface area contributed by atoms with Crippen LogP contribution in [0.15, 0.2) is 42.5 Å². The first-order valence-corrected chi connectivity index (χ1v) is 8.77. The van der Waals surface area contributed by atoms with Gasteiger partial charge in [-0.2, -0.15) is 0 Å². The molecule has 0 spiro atoms. The summed E-state index contributed by atoms with van der Waals surface area (Å²) in [6.45, 7) is 4.47. The molecule has 2 N–H and O–H groups in total. The van der Waals surface area contributed by atoms with Crippen molar-refractivity contribution in [2.24, 2.45) is 0 Å². The molecule has 2 rings (SSSR count). The molecule has 0 heterocycles. The molecule has 0 saturated carbocycles. The van der Waals surface area contributed by atoms with Gasteiger partial charge in [0.05, 0.1) is 0 Å². The number of benzene rings is 2. The van der Waals surface area contributed by atoms with Crippen LogP contribution in [0.3, 0.4) is 0 Å². The van der Waals surface area contributed by atoms with Crippen LogP contribution in [0.2, 0.25) is 5.02 Å². The van der Waals surface area contributed by atoms with Gasteiger partial charge in [0.25, 0.3) is 0 Å². The van der Waals surface area contributed by atoms with Crippen molar-refractivity contribution in [2.75, 3.05) is 11.9 Å². The Bertz CT molecular complexity index is 742. The third-order valence-corrected chi connectivity index (χ3v) is 4.23. The van der Waals surface area contributed by atoms with E-state index in [9.17, 15) is 9.59 Å². The molecule has 25 heavy (non-hydrogen) atoms. The van der Waals surface area contributed by atoms with Crippen molar-refractivity contribution >= 4 is 29.1 Å². The van der Waals surface area contributed by atoms with Gasteiger partial charge in [-0.3, -0.25) is 9.59 Å². The van der Waals surface area contributed by atoms with Crippen molar-refractivity contribution in [3.8, 4) is 0 Å². The molecule has 0 aliphatic carbocycles. The number of anilines is 1. The fraction of sp³-hybridized carbons (Fsp3) is 0.300. The summed E-state index contributed by atoms with van der Waals surface area (Å²) in [4.78, 5) is 24.1. The Hall–Kier alpha value is -2.33. The third-order valence-electron chi connectivity index (χ3n) is 3.97. The van der Waals surface area contributed by atoms with Crippen LogP contribution in [0.4, 0.5) is 5.69 Å². The van der Waals surface area contributed by atoms with E-state index in [1.807, 2.05) is 56.3 Å². The van der Waals surface area contributed by atoms with Crippen LogP contribution in [0, 0.1) is 6.92 Å². The van der Waals surface area contributed by atoms with Gasteiger partial charge in [-0.25, -0.2) is 0 Å². The minimum Gasteiger partial charge on any atom is -0.355 e. The Labute approximate surface area is 153 Å². The van der Waals surface area contributed by atoms with Crippen molar-refractivity contribution in [1.82, 2.24) is 5.32 Å². The summed E-state index contributed by atoms with van der Waals surface area (Å²) < 4.78 is 0. The second-order valence-electron chi connectivity index (χ2n) is 5.91. The van der Waals surface area contributed by atoms with E-state index >= 15 is 0 Å². The standard InChI is InChI=1S/C20H23ClN2O2/c1-3-16-6-4-5-14(2)20(16)23-19(25)13-18(24)22-12-11-15-7-9-17(21)10-8-15/h4-10H,3,11-13H2,1-2H3,(H,22,24)(H,23,25). The summed E-state index contributed by atoms with van der Waals surface area (Å²) in [5.41, 5.74) is 3.96. The Morgan fingerprint density at radius 2 is 1.76 bits per heavy atom. The first-order valence-electron chi connectivity index (χ1n) is 8.39. The summed E-state index contributed by atoms with van der Waals surface area (Å²) in [6.07, 6.45) is 1.34. The van der Waals surface area contributed by atoms with Crippen LogP contribution >= 0.6 is 11.6 Å². The zero-order chi connectivity index (χ0) is 18.2. The summed E-state index contributed by atoms with van der Waals surface area (Å²) >= 11 is 5.84. The highest BCUT2D eigenvalue weighted by atomic mass is 35.5. The molecular weight excluding hydrogens is 336 g/mol. The fourth-order valence-corrected chi connectivity index (χ4v) is 2.72. The van der Waals surface area contributed by atoms with Gasteiger partial charge >= 0.3 is 0 Å². The number of aryl methyl sites for hydroxylation is 2. The third kappa shape index (κ3) is 5.91. The maximum absolute atomic E-state index is 12.1. The van der Waals surface area contributed by atoms with Gasteiger partial charge in [-0.1, -0.05) is 48.9 Å². The topological polar surface area (TPSA) is 58.2 Å². The second-order valence-corrected chi connectivity index (χ2v) is 6.35. The molecule has 4 nitrogen and oxygen atoms in total. The zero-order valence-electron chi connectivity index (χ0n) is 14.6. The highest BCUT2D eigenvalue weighted by Gasteiger charge is 2.12. The van der Waals surface area contributed by atoms with Crippen molar-refractivity contribution in [3.63, 3.8) is 0 Å². The number of nitrogens with one attached hydrogen (secondary N) is 2. The molecule has 2 aromatic rings. The van der Waals surface area contributed by atoms with Gasteiger partial charge in [0.1, 0.15) is 6.42 Å². The predicted octanol–water partition coefficient (Wildman–Crippen LogP) is 3.90. The van der Waals surface area contributed by atoms with Gasteiger partial charge in [-0.05, 0) is 48.6 Å². The number of amides is 2. The van der Waals surface area contributed by atoms with Gasteiger partial charge in [0, 0.05) is 17.3 Å². The zero-order valence-corrected chi connectivity index (χ0v) is 15.3. The molecule has 0 unspecified atom stereocenters. The van der Waals surface area contributed by atoms with Crippen molar-refractivity contribution in [3.05, 3.63) is 64.2 Å². The number of hydrogen-bond acceptors (Lipinski definition) is 2. The molecule has 0 radical (unpaired) electrons. The van der Waals surface area contributed by atoms with Crippen LogP contribution in [0.25, 0.3) is 0 Å². The first-order chi connectivity index (χ1) is 12.0. The van der Waals surface area contributed by atoms with E-state index < -0.39 is 0 Å². The Balaban J connectivity index is 1.80. The van der Waals surface area contributed by atoms with Crippen molar-refractivity contribution in [2.45, 2.75) is 33.1 Å². The van der Waals surface area contributed by atoms with E-state index in [4.69, 9.17) is 11.6 Å². The summed E-state index contributed by atoms with van der Waals surface area (Å²) in [7, 11) is 0. The molecule has 0 saturated heterocycles. The SMILES string of the molecule is CCc1cccc(C)c1NC(=O)CC(=O)NCCc1ccc(Cl)cc1. The Morgan fingerprint density at radius 3 is 2.44 bits per heavy atom. The normalized spacial score (nSPS) is 10.4. The van der Waals surface area contributed by atoms with Crippen LogP contribution in [-0.2, 0) is 22.4 Å². The van der Waals surface area contributed by atoms with Gasteiger partial charge in [0.2, 0.25) is 11.8 Å². The maximum atomic E-state index is 12.1. The molecule has 0 fully saturated rings. The lowest BCUT2D eigenvalue weighted by Gasteiger charge is -2.13. The van der Waals surface area contributed by atoms with Crippen LogP contribution in [0.1, 0.15) is 30.0 Å². The molecule has 5 heteroatoms. The van der Waals surface area contributed by atoms with Crippen molar-refractivity contribution in [1.29, 1.82) is 0 Å². The lowest BCUT2D eigenvalue weighted by atomic mass is 10.1. The highest BCUT2D eigenvalue weighted by Crippen LogP contribution is 2.21. The molecule has 0 atom stereocenters. The number of halogens is 1. The van der Waals surface area contributed by atoms with Gasteiger partial charge < -0.3 is 10.6 Å². The Morgan fingerprint density at radius 1 is 1.04 bits per heavy atom. The number of rotatable bonds is 7. The van der Waals surface area contributed by atoms with E-state index in [2.05, 4.69) is 10.6 Å². The largest absolute Gasteiger partial charge is 0.355 e. The van der Waals surface area contributed by atoms with E-state index in [0.717, 1.165) is 28.8 Å². The van der Waals surface area contributed by atoms with E-state index in [-0.39, 0.29) is 18.2 Å². The fourth-order valence-electron chi connectivity index (χ4n) is 2.59. The maximum Gasteiger partial charge on any atom is 0.233 e. The first kappa shape index (κ1) is 19.0. The highest BCUT2D eigenvalue weighted by molar-refractivity contribution is 6.30. The minimum atomic E-state index is -0.298. The predicted molar refractivity (Wildman–Crippen MR) is 102 cm³/mol. The Kier molecular flexibility index (Phi) is 7.02. The number of carbonyl (C=O) groups is 2. The van der Waals surface area contributed by atoms with Crippen LogP contribution in [-0.4, -0.2) is 18.4 Å². The molecule has 0 aliphatic heterocycles. The average Bonchev–Trinajstić information content (AvgIpc) is 2.58. The summed E-state index contributed by atoms with van der Waals surface area (Å²) in [6, 6.07) is 13.4. The lowest BCUT2D eigenvalue weighted by Crippen LogP contribution is -2.30. The van der Waals surface area contributed by atoms with Gasteiger partial charge in [-0.15, -0.1) is 0 Å². The lowest BCUT2D eigenvalue weighted by molar-refractivity contribution is -0.126. The number of carbonyl (C=O) groups excluding carboxylic acids is 2. The summed E-state index contributed by atoms with van der Waals surface area (Å²) in [5, 5.41) is 6.32. The molecule has 0 bridgehead atoms. The van der Waals surface area contributed by atoms with Crippen molar-refractivity contribution < 1.29 is 9.59 Å². The van der Waals surface area contributed by atoms with Crippen LogP contribution in [0.5, 0.6) is 0 Å². The second kappa shape index (κ2) is 9.23.